The van der Waals surface area contributed by atoms with E-state index in [9.17, 15) is 0 Å². The number of rotatable bonds is 1. The van der Waals surface area contributed by atoms with E-state index in [-0.39, 0.29) is 5.28 Å². The molecule has 0 radical (unpaired) electrons. The lowest BCUT2D eigenvalue weighted by Gasteiger charge is -2.04. The highest BCUT2D eigenvalue weighted by atomic mass is 79.9. The van der Waals surface area contributed by atoms with Gasteiger partial charge in [-0.15, -0.1) is 0 Å². The first kappa shape index (κ1) is 10.6. The van der Waals surface area contributed by atoms with Crippen molar-refractivity contribution < 1.29 is 0 Å². The molecule has 0 saturated carbocycles. The van der Waals surface area contributed by atoms with Gasteiger partial charge in [-0.25, -0.2) is 9.97 Å². The second-order valence-electron chi connectivity index (χ2n) is 3.21. The Bertz CT molecular complexity index is 500. The SMILES string of the molecule is Cc1cccc(-c2nc(Cl)ncc2Br)c1. The second-order valence-corrected chi connectivity index (χ2v) is 4.40. The van der Waals surface area contributed by atoms with Gasteiger partial charge in [-0.1, -0.05) is 23.8 Å². The highest BCUT2D eigenvalue weighted by Gasteiger charge is 2.06. The third-order valence-electron chi connectivity index (χ3n) is 2.01. The Morgan fingerprint density at radius 3 is 2.87 bits per heavy atom. The molecule has 0 amide bonds. The van der Waals surface area contributed by atoms with Gasteiger partial charge < -0.3 is 0 Å². The first-order valence-corrected chi connectivity index (χ1v) is 5.59. The Morgan fingerprint density at radius 1 is 1.33 bits per heavy atom. The van der Waals surface area contributed by atoms with Gasteiger partial charge in [-0.2, -0.15) is 0 Å². The van der Waals surface area contributed by atoms with Gasteiger partial charge in [0, 0.05) is 11.8 Å². The zero-order chi connectivity index (χ0) is 10.8. The summed E-state index contributed by atoms with van der Waals surface area (Å²) in [5.41, 5.74) is 3.04. The predicted octanol–water partition coefficient (Wildman–Crippen LogP) is 3.87. The summed E-state index contributed by atoms with van der Waals surface area (Å²) in [6.07, 6.45) is 1.66. The first-order valence-electron chi connectivity index (χ1n) is 4.42. The summed E-state index contributed by atoms with van der Waals surface area (Å²) in [7, 11) is 0. The third-order valence-corrected chi connectivity index (χ3v) is 2.77. The highest BCUT2D eigenvalue weighted by molar-refractivity contribution is 9.10. The smallest absolute Gasteiger partial charge is 0.222 e. The molecular formula is C11H8BrClN2. The maximum absolute atomic E-state index is 5.76. The highest BCUT2D eigenvalue weighted by Crippen LogP contribution is 2.26. The zero-order valence-corrected chi connectivity index (χ0v) is 10.4. The monoisotopic (exact) mass is 282 g/mol. The summed E-state index contributed by atoms with van der Waals surface area (Å²) in [5.74, 6) is 0. The van der Waals surface area contributed by atoms with E-state index < -0.39 is 0 Å². The molecule has 2 nitrogen and oxygen atoms in total. The van der Waals surface area contributed by atoms with E-state index in [2.05, 4.69) is 32.0 Å². The summed E-state index contributed by atoms with van der Waals surface area (Å²) in [6, 6.07) is 8.09. The fraction of sp³-hybridized carbons (Fsp3) is 0.0909. The minimum Gasteiger partial charge on any atom is -0.225 e. The van der Waals surface area contributed by atoms with Gasteiger partial charge in [0.05, 0.1) is 10.2 Å². The lowest BCUT2D eigenvalue weighted by Crippen LogP contribution is -1.89. The van der Waals surface area contributed by atoms with Crippen molar-refractivity contribution in [1.29, 1.82) is 0 Å². The number of hydrogen-bond donors (Lipinski definition) is 0. The largest absolute Gasteiger partial charge is 0.225 e. The molecule has 0 spiro atoms. The molecule has 0 unspecified atom stereocenters. The van der Waals surface area contributed by atoms with Crippen molar-refractivity contribution in [2.45, 2.75) is 6.92 Å². The van der Waals surface area contributed by atoms with Crippen LogP contribution in [-0.2, 0) is 0 Å². The van der Waals surface area contributed by atoms with Crippen LogP contribution in [0.2, 0.25) is 5.28 Å². The van der Waals surface area contributed by atoms with Crippen LogP contribution < -0.4 is 0 Å². The number of nitrogens with zero attached hydrogens (tertiary/aromatic N) is 2. The molecule has 0 atom stereocenters. The van der Waals surface area contributed by atoms with Gasteiger partial charge in [0.25, 0.3) is 0 Å². The summed E-state index contributed by atoms with van der Waals surface area (Å²) in [4.78, 5) is 8.09. The topological polar surface area (TPSA) is 25.8 Å². The quantitative estimate of drug-likeness (QED) is 0.743. The fourth-order valence-corrected chi connectivity index (χ4v) is 1.89. The molecule has 1 heterocycles. The van der Waals surface area contributed by atoms with E-state index in [0.29, 0.717) is 0 Å². The maximum Gasteiger partial charge on any atom is 0.222 e. The molecular weight excluding hydrogens is 275 g/mol. The summed E-state index contributed by atoms with van der Waals surface area (Å²) in [5, 5.41) is 0.259. The predicted molar refractivity (Wildman–Crippen MR) is 64.9 cm³/mol. The standard InChI is InChI=1S/C11H8BrClN2/c1-7-3-2-4-8(5-7)10-9(12)6-14-11(13)15-10/h2-6H,1H3. The van der Waals surface area contributed by atoms with E-state index >= 15 is 0 Å². The van der Waals surface area contributed by atoms with Crippen LogP contribution in [0.1, 0.15) is 5.56 Å². The molecule has 0 aliphatic rings. The van der Waals surface area contributed by atoms with Gasteiger partial charge in [-0.3, -0.25) is 0 Å². The van der Waals surface area contributed by atoms with Gasteiger partial charge in [0.2, 0.25) is 5.28 Å². The molecule has 1 aromatic carbocycles. The number of aryl methyl sites for hydroxylation is 1. The lowest BCUT2D eigenvalue weighted by atomic mass is 10.1. The molecule has 2 aromatic rings. The van der Waals surface area contributed by atoms with E-state index in [0.717, 1.165) is 15.7 Å². The number of halogens is 2. The van der Waals surface area contributed by atoms with E-state index in [4.69, 9.17) is 11.6 Å². The Hall–Kier alpha value is -0.930. The number of aromatic nitrogens is 2. The molecule has 0 fully saturated rings. The van der Waals surface area contributed by atoms with Gasteiger partial charge in [0.1, 0.15) is 0 Å². The third kappa shape index (κ3) is 2.36. The Kier molecular flexibility index (Phi) is 3.03. The summed E-state index contributed by atoms with van der Waals surface area (Å²) < 4.78 is 0.845. The minimum atomic E-state index is 0.259. The van der Waals surface area contributed by atoms with Gasteiger partial charge in [0.15, 0.2) is 0 Å². The van der Waals surface area contributed by atoms with Crippen molar-refractivity contribution in [3.05, 3.63) is 45.8 Å². The van der Waals surface area contributed by atoms with Crippen molar-refractivity contribution in [1.82, 2.24) is 9.97 Å². The average Bonchev–Trinajstić information content (AvgIpc) is 2.22. The molecule has 4 heteroatoms. The van der Waals surface area contributed by atoms with Crippen molar-refractivity contribution in [2.75, 3.05) is 0 Å². The second kappa shape index (κ2) is 4.29. The first-order chi connectivity index (χ1) is 7.16. The number of benzene rings is 1. The van der Waals surface area contributed by atoms with E-state index in [1.165, 1.54) is 5.56 Å². The van der Waals surface area contributed by atoms with Crippen LogP contribution in [-0.4, -0.2) is 9.97 Å². The van der Waals surface area contributed by atoms with Crippen LogP contribution in [0, 0.1) is 6.92 Å². The van der Waals surface area contributed by atoms with Crippen molar-refractivity contribution in [3.8, 4) is 11.3 Å². The van der Waals surface area contributed by atoms with E-state index in [1.807, 2.05) is 25.1 Å². The van der Waals surface area contributed by atoms with Crippen LogP contribution in [0.25, 0.3) is 11.3 Å². The molecule has 0 bridgehead atoms. The molecule has 0 saturated heterocycles. The van der Waals surface area contributed by atoms with E-state index in [1.54, 1.807) is 6.20 Å². The zero-order valence-electron chi connectivity index (χ0n) is 8.04. The number of hydrogen-bond acceptors (Lipinski definition) is 2. The van der Waals surface area contributed by atoms with Gasteiger partial charge >= 0.3 is 0 Å². The van der Waals surface area contributed by atoms with Crippen molar-refractivity contribution in [3.63, 3.8) is 0 Å². The Balaban J connectivity index is 2.58. The van der Waals surface area contributed by atoms with Gasteiger partial charge in [-0.05, 0) is 40.5 Å². The molecule has 0 N–H and O–H groups in total. The maximum atomic E-state index is 5.76. The molecule has 15 heavy (non-hydrogen) atoms. The lowest BCUT2D eigenvalue weighted by molar-refractivity contribution is 1.16. The van der Waals surface area contributed by atoms with Crippen LogP contribution in [0.3, 0.4) is 0 Å². The molecule has 76 valence electrons. The summed E-state index contributed by atoms with van der Waals surface area (Å²) in [6.45, 7) is 2.04. The van der Waals surface area contributed by atoms with Crippen LogP contribution in [0.15, 0.2) is 34.9 Å². The summed E-state index contributed by atoms with van der Waals surface area (Å²) >= 11 is 9.17. The molecule has 2 rings (SSSR count). The molecule has 0 aliphatic carbocycles. The van der Waals surface area contributed by atoms with Crippen molar-refractivity contribution in [2.24, 2.45) is 0 Å². The Morgan fingerprint density at radius 2 is 2.13 bits per heavy atom. The average molecular weight is 284 g/mol. The minimum absolute atomic E-state index is 0.259. The molecule has 1 aromatic heterocycles. The Labute approximate surface area is 101 Å². The van der Waals surface area contributed by atoms with Crippen molar-refractivity contribution >= 4 is 27.5 Å². The van der Waals surface area contributed by atoms with Crippen LogP contribution in [0.5, 0.6) is 0 Å². The molecule has 0 aliphatic heterocycles. The van der Waals surface area contributed by atoms with Crippen LogP contribution in [0.4, 0.5) is 0 Å². The fourth-order valence-electron chi connectivity index (χ4n) is 1.34. The normalized spacial score (nSPS) is 10.3. The van der Waals surface area contributed by atoms with Crippen LogP contribution >= 0.6 is 27.5 Å².